The summed E-state index contributed by atoms with van der Waals surface area (Å²) in [4.78, 5) is 2.17. The average molecular weight is 411 g/mol. The molecular weight excluding hydrogens is 383 g/mol. The summed E-state index contributed by atoms with van der Waals surface area (Å²) in [6.45, 7) is 5.55. The Morgan fingerprint density at radius 1 is 0.963 bits per heavy atom. The highest BCUT2D eigenvalue weighted by molar-refractivity contribution is 6.31. The molecule has 0 aliphatic carbocycles. The molecule has 0 radical (unpaired) electrons. The van der Waals surface area contributed by atoms with Gasteiger partial charge >= 0.3 is 0 Å². The van der Waals surface area contributed by atoms with Crippen LogP contribution in [-0.2, 0) is 13.2 Å². The summed E-state index contributed by atoms with van der Waals surface area (Å²) in [7, 11) is 4.15. The summed E-state index contributed by atoms with van der Waals surface area (Å²) < 4.78 is 11.7. The predicted octanol–water partition coefficient (Wildman–Crippen LogP) is 5.01. The monoisotopic (exact) mass is 410 g/mol. The van der Waals surface area contributed by atoms with Gasteiger partial charge in [0.05, 0.1) is 6.61 Å². The van der Waals surface area contributed by atoms with Crippen molar-refractivity contribution >= 4 is 23.2 Å². The lowest BCUT2D eigenvalue weighted by atomic mass is 10.2. The van der Waals surface area contributed by atoms with Crippen molar-refractivity contribution < 1.29 is 9.47 Å². The average Bonchev–Trinajstić information content (AvgIpc) is 2.63. The number of ether oxygens (including phenoxy) is 2. The van der Waals surface area contributed by atoms with E-state index in [9.17, 15) is 0 Å². The molecule has 1 N–H and O–H groups in total. The van der Waals surface area contributed by atoms with Crippen LogP contribution in [0.2, 0.25) is 10.0 Å². The Balaban J connectivity index is 2.02. The number of nitrogens with one attached hydrogen (secondary N) is 1. The molecule has 0 aliphatic heterocycles. The van der Waals surface area contributed by atoms with Crippen molar-refractivity contribution in [1.82, 2.24) is 10.2 Å². The topological polar surface area (TPSA) is 33.7 Å². The van der Waals surface area contributed by atoms with E-state index in [1.165, 1.54) is 0 Å². The molecule has 2 rings (SSSR count). The minimum absolute atomic E-state index is 0.359. The van der Waals surface area contributed by atoms with Gasteiger partial charge in [0.2, 0.25) is 0 Å². The molecule has 148 valence electrons. The van der Waals surface area contributed by atoms with E-state index < -0.39 is 0 Å². The van der Waals surface area contributed by atoms with E-state index in [0.29, 0.717) is 41.3 Å². The number of hydrogen-bond donors (Lipinski definition) is 1. The van der Waals surface area contributed by atoms with Crippen LogP contribution in [0.3, 0.4) is 0 Å². The Morgan fingerprint density at radius 3 is 2.41 bits per heavy atom. The van der Waals surface area contributed by atoms with Crippen LogP contribution in [0, 0.1) is 0 Å². The SMILES string of the molecule is CCOc1cc(CNCCCN(C)C)c(Cl)cc1OCc1ccccc1Cl. The third kappa shape index (κ3) is 7.23. The number of rotatable bonds is 11. The van der Waals surface area contributed by atoms with Crippen molar-refractivity contribution in [2.24, 2.45) is 0 Å². The van der Waals surface area contributed by atoms with Gasteiger partial charge in [0.1, 0.15) is 6.61 Å². The fraction of sp³-hybridized carbons (Fsp3) is 0.429. The molecule has 0 spiro atoms. The highest BCUT2D eigenvalue weighted by Crippen LogP contribution is 2.34. The standard InChI is InChI=1S/C21H28Cl2N2O2/c1-4-26-20-12-17(14-24-10-7-11-25(2)3)19(23)13-21(20)27-15-16-8-5-6-9-18(16)22/h5-6,8-9,12-13,24H,4,7,10-11,14-15H2,1-3H3. The molecule has 0 fully saturated rings. The van der Waals surface area contributed by atoms with Gasteiger partial charge in [-0.1, -0.05) is 41.4 Å². The molecule has 0 atom stereocenters. The molecule has 0 saturated heterocycles. The molecule has 6 heteroatoms. The lowest BCUT2D eigenvalue weighted by Crippen LogP contribution is -2.21. The second-order valence-corrected chi connectivity index (χ2v) is 7.35. The van der Waals surface area contributed by atoms with E-state index >= 15 is 0 Å². The van der Waals surface area contributed by atoms with Gasteiger partial charge in [0, 0.05) is 28.2 Å². The Kier molecular flexibility index (Phi) is 9.22. The number of hydrogen-bond acceptors (Lipinski definition) is 4. The van der Waals surface area contributed by atoms with Crippen LogP contribution in [0.25, 0.3) is 0 Å². The van der Waals surface area contributed by atoms with Crippen molar-refractivity contribution in [3.8, 4) is 11.5 Å². The van der Waals surface area contributed by atoms with Gasteiger partial charge in [-0.2, -0.15) is 0 Å². The predicted molar refractivity (Wildman–Crippen MR) is 113 cm³/mol. The minimum Gasteiger partial charge on any atom is -0.490 e. The molecule has 27 heavy (non-hydrogen) atoms. The van der Waals surface area contributed by atoms with Crippen molar-refractivity contribution in [1.29, 1.82) is 0 Å². The quantitative estimate of drug-likeness (QED) is 0.527. The van der Waals surface area contributed by atoms with Gasteiger partial charge < -0.3 is 19.7 Å². The van der Waals surface area contributed by atoms with Gasteiger partial charge in [-0.25, -0.2) is 0 Å². The van der Waals surface area contributed by atoms with Gasteiger partial charge in [-0.15, -0.1) is 0 Å². The first-order valence-corrected chi connectivity index (χ1v) is 9.93. The van der Waals surface area contributed by atoms with Gasteiger partial charge in [-0.3, -0.25) is 0 Å². The Hall–Kier alpha value is -1.46. The maximum absolute atomic E-state index is 6.47. The van der Waals surface area contributed by atoms with Crippen LogP contribution < -0.4 is 14.8 Å². The Bertz CT molecular complexity index is 723. The molecule has 0 heterocycles. The van der Waals surface area contributed by atoms with E-state index in [4.69, 9.17) is 32.7 Å². The zero-order valence-corrected chi connectivity index (χ0v) is 17.7. The van der Waals surface area contributed by atoms with Crippen LogP contribution in [-0.4, -0.2) is 38.7 Å². The first-order valence-electron chi connectivity index (χ1n) is 9.18. The molecule has 4 nitrogen and oxygen atoms in total. The summed E-state index contributed by atoms with van der Waals surface area (Å²) in [6, 6.07) is 11.4. The summed E-state index contributed by atoms with van der Waals surface area (Å²) >= 11 is 12.7. The first kappa shape index (κ1) is 21.8. The summed E-state index contributed by atoms with van der Waals surface area (Å²) in [5.74, 6) is 1.32. The smallest absolute Gasteiger partial charge is 0.163 e. The molecular formula is C21H28Cl2N2O2. The first-order chi connectivity index (χ1) is 13.0. The number of nitrogens with zero attached hydrogens (tertiary/aromatic N) is 1. The Morgan fingerprint density at radius 2 is 1.70 bits per heavy atom. The van der Waals surface area contributed by atoms with E-state index in [-0.39, 0.29) is 0 Å². The second-order valence-electron chi connectivity index (χ2n) is 6.54. The van der Waals surface area contributed by atoms with Crippen molar-refractivity contribution in [2.45, 2.75) is 26.5 Å². The third-order valence-corrected chi connectivity index (χ3v) is 4.75. The van der Waals surface area contributed by atoms with Gasteiger partial charge in [0.15, 0.2) is 11.5 Å². The summed E-state index contributed by atoms with van der Waals surface area (Å²) in [6.07, 6.45) is 1.09. The zero-order valence-electron chi connectivity index (χ0n) is 16.2. The maximum Gasteiger partial charge on any atom is 0.163 e. The number of benzene rings is 2. The van der Waals surface area contributed by atoms with Crippen LogP contribution in [0.4, 0.5) is 0 Å². The van der Waals surface area contributed by atoms with Crippen LogP contribution in [0.5, 0.6) is 11.5 Å². The van der Waals surface area contributed by atoms with E-state index in [0.717, 1.165) is 30.6 Å². The molecule has 0 saturated carbocycles. The summed E-state index contributed by atoms with van der Waals surface area (Å²) in [5, 5.41) is 4.77. The van der Waals surface area contributed by atoms with Gasteiger partial charge in [0.25, 0.3) is 0 Å². The zero-order chi connectivity index (χ0) is 19.6. The van der Waals surface area contributed by atoms with Crippen molar-refractivity contribution in [2.75, 3.05) is 33.8 Å². The molecule has 0 bridgehead atoms. The fourth-order valence-electron chi connectivity index (χ4n) is 2.61. The van der Waals surface area contributed by atoms with Crippen molar-refractivity contribution in [3.05, 3.63) is 57.6 Å². The number of halogens is 2. The lowest BCUT2D eigenvalue weighted by molar-refractivity contribution is 0.269. The molecule has 0 aromatic heterocycles. The normalized spacial score (nSPS) is 11.0. The van der Waals surface area contributed by atoms with Crippen molar-refractivity contribution in [3.63, 3.8) is 0 Å². The third-order valence-electron chi connectivity index (χ3n) is 4.03. The maximum atomic E-state index is 6.47. The van der Waals surface area contributed by atoms with E-state index in [1.807, 2.05) is 43.3 Å². The Labute approximate surface area is 172 Å². The largest absolute Gasteiger partial charge is 0.490 e. The second kappa shape index (κ2) is 11.4. The van der Waals surface area contributed by atoms with Crippen LogP contribution in [0.15, 0.2) is 36.4 Å². The highest BCUT2D eigenvalue weighted by atomic mass is 35.5. The van der Waals surface area contributed by atoms with Crippen LogP contribution in [0.1, 0.15) is 24.5 Å². The van der Waals surface area contributed by atoms with Gasteiger partial charge in [-0.05, 0) is 58.2 Å². The molecule has 2 aromatic rings. The molecule has 0 amide bonds. The van der Waals surface area contributed by atoms with E-state index in [2.05, 4.69) is 24.3 Å². The van der Waals surface area contributed by atoms with E-state index in [1.54, 1.807) is 0 Å². The van der Waals surface area contributed by atoms with Crippen LogP contribution >= 0.6 is 23.2 Å². The lowest BCUT2D eigenvalue weighted by Gasteiger charge is -2.16. The minimum atomic E-state index is 0.359. The highest BCUT2D eigenvalue weighted by Gasteiger charge is 2.12. The fourth-order valence-corrected chi connectivity index (χ4v) is 3.02. The molecule has 0 unspecified atom stereocenters. The molecule has 0 aliphatic rings. The summed E-state index contributed by atoms with van der Waals surface area (Å²) in [5.41, 5.74) is 1.92. The molecule has 2 aromatic carbocycles.